The number of halogens is 1. The summed E-state index contributed by atoms with van der Waals surface area (Å²) in [6, 6.07) is 5.03. The Kier molecular flexibility index (Phi) is 6.12. The van der Waals surface area contributed by atoms with Crippen molar-refractivity contribution >= 4 is 18.0 Å². The van der Waals surface area contributed by atoms with Gasteiger partial charge in [-0.15, -0.1) is 0 Å². The van der Waals surface area contributed by atoms with Gasteiger partial charge in [-0.05, 0) is 31.2 Å². The lowest BCUT2D eigenvalue weighted by Gasteiger charge is -2.12. The molecule has 1 rings (SSSR count). The summed E-state index contributed by atoms with van der Waals surface area (Å²) in [4.78, 5) is 33.6. The van der Waals surface area contributed by atoms with Crippen LogP contribution in [-0.4, -0.2) is 37.8 Å². The smallest absolute Gasteiger partial charge is 0.413 e. The van der Waals surface area contributed by atoms with E-state index in [1.165, 1.54) is 31.2 Å². The molecule has 1 atom stereocenters. The van der Waals surface area contributed by atoms with E-state index in [2.05, 4.69) is 4.74 Å². The quantitative estimate of drug-likeness (QED) is 0.816. The van der Waals surface area contributed by atoms with Gasteiger partial charge in [0.2, 0.25) is 0 Å². The summed E-state index contributed by atoms with van der Waals surface area (Å²) in [5, 5.41) is 1.85. The van der Waals surface area contributed by atoms with Crippen molar-refractivity contribution in [1.82, 2.24) is 5.32 Å². The van der Waals surface area contributed by atoms with E-state index in [0.29, 0.717) is 0 Å². The minimum atomic E-state index is -1.19. The average Bonchev–Trinajstić information content (AvgIpc) is 2.46. The molecular formula is C13H14FNO6. The van der Waals surface area contributed by atoms with Crippen LogP contribution in [0.1, 0.15) is 6.92 Å². The van der Waals surface area contributed by atoms with Gasteiger partial charge < -0.3 is 14.2 Å². The van der Waals surface area contributed by atoms with E-state index in [0.717, 1.165) is 7.11 Å². The molecule has 0 saturated heterocycles. The van der Waals surface area contributed by atoms with Crippen LogP contribution < -0.4 is 10.1 Å². The standard InChI is InChI=1S/C13H14FNO6/c1-8(12(17)15-13(18)19-2)21-11(16)7-20-10-5-3-9(14)4-6-10/h3-6,8H,7H2,1-2H3,(H,15,17,18)/t8-/m0/s1. The molecule has 0 aromatic heterocycles. The fourth-order valence-electron chi connectivity index (χ4n) is 1.21. The summed E-state index contributed by atoms with van der Waals surface area (Å²) in [5.41, 5.74) is 0. The number of nitrogens with one attached hydrogen (secondary N) is 1. The van der Waals surface area contributed by atoms with E-state index in [4.69, 9.17) is 9.47 Å². The number of benzene rings is 1. The zero-order valence-electron chi connectivity index (χ0n) is 11.4. The second kappa shape index (κ2) is 7.83. The Labute approximate surface area is 120 Å². The molecule has 8 heteroatoms. The van der Waals surface area contributed by atoms with Crippen molar-refractivity contribution in [2.45, 2.75) is 13.0 Å². The van der Waals surface area contributed by atoms with Gasteiger partial charge in [0.1, 0.15) is 11.6 Å². The van der Waals surface area contributed by atoms with Crippen molar-refractivity contribution in [3.8, 4) is 5.75 Å². The van der Waals surface area contributed by atoms with Gasteiger partial charge in [0.15, 0.2) is 12.7 Å². The van der Waals surface area contributed by atoms with Crippen molar-refractivity contribution < 1.29 is 33.0 Å². The van der Waals surface area contributed by atoms with Crippen LogP contribution >= 0.6 is 0 Å². The lowest BCUT2D eigenvalue weighted by Crippen LogP contribution is -2.40. The normalized spacial score (nSPS) is 11.2. The number of alkyl carbamates (subject to hydrolysis) is 1. The second-order valence-electron chi connectivity index (χ2n) is 3.86. The van der Waals surface area contributed by atoms with Crippen LogP contribution in [0.2, 0.25) is 0 Å². The van der Waals surface area contributed by atoms with Gasteiger partial charge in [0.25, 0.3) is 5.91 Å². The predicted molar refractivity (Wildman–Crippen MR) is 68.0 cm³/mol. The van der Waals surface area contributed by atoms with Crippen LogP contribution in [0.3, 0.4) is 0 Å². The largest absolute Gasteiger partial charge is 0.482 e. The molecule has 0 spiro atoms. The Bertz CT molecular complexity index is 516. The number of carbonyl (C=O) groups excluding carboxylic acids is 3. The summed E-state index contributed by atoms with van der Waals surface area (Å²) < 4.78 is 26.7. The summed E-state index contributed by atoms with van der Waals surface area (Å²) in [6.07, 6.45) is -2.14. The van der Waals surface area contributed by atoms with Crippen molar-refractivity contribution in [3.05, 3.63) is 30.1 Å². The van der Waals surface area contributed by atoms with Crippen LogP contribution in [0.4, 0.5) is 9.18 Å². The van der Waals surface area contributed by atoms with E-state index in [9.17, 15) is 18.8 Å². The molecule has 1 aromatic rings. The predicted octanol–water partition coefficient (Wildman–Crippen LogP) is 1.02. The minimum Gasteiger partial charge on any atom is -0.482 e. The average molecular weight is 299 g/mol. The van der Waals surface area contributed by atoms with Gasteiger partial charge in [-0.2, -0.15) is 0 Å². The van der Waals surface area contributed by atoms with E-state index < -0.39 is 36.5 Å². The zero-order chi connectivity index (χ0) is 15.8. The van der Waals surface area contributed by atoms with Gasteiger partial charge >= 0.3 is 12.1 Å². The minimum absolute atomic E-state index is 0.278. The highest BCUT2D eigenvalue weighted by molar-refractivity contribution is 5.95. The van der Waals surface area contributed by atoms with Crippen LogP contribution in [0.5, 0.6) is 5.75 Å². The number of amides is 2. The van der Waals surface area contributed by atoms with Crippen LogP contribution in [0.25, 0.3) is 0 Å². The van der Waals surface area contributed by atoms with Gasteiger partial charge in [0, 0.05) is 0 Å². The lowest BCUT2D eigenvalue weighted by molar-refractivity contribution is -0.156. The molecule has 2 amide bonds. The molecule has 0 bridgehead atoms. The first-order valence-corrected chi connectivity index (χ1v) is 5.89. The Hall–Kier alpha value is -2.64. The molecule has 0 saturated carbocycles. The maximum Gasteiger partial charge on any atom is 0.413 e. The van der Waals surface area contributed by atoms with Gasteiger partial charge in [-0.3, -0.25) is 10.1 Å². The summed E-state index contributed by atoms with van der Waals surface area (Å²) >= 11 is 0. The Morgan fingerprint density at radius 2 is 1.86 bits per heavy atom. The first kappa shape index (κ1) is 16.4. The summed E-state index contributed by atoms with van der Waals surface area (Å²) in [7, 11) is 1.09. The lowest BCUT2D eigenvalue weighted by atomic mass is 10.3. The Balaban J connectivity index is 2.37. The molecule has 0 aliphatic heterocycles. The Morgan fingerprint density at radius 3 is 2.43 bits per heavy atom. The molecule has 1 aromatic carbocycles. The SMILES string of the molecule is COC(=O)NC(=O)[C@H](C)OC(=O)COc1ccc(F)cc1. The van der Waals surface area contributed by atoms with Gasteiger partial charge in [-0.25, -0.2) is 14.0 Å². The first-order valence-electron chi connectivity index (χ1n) is 5.89. The third-order valence-corrected chi connectivity index (χ3v) is 2.26. The van der Waals surface area contributed by atoms with E-state index in [-0.39, 0.29) is 5.75 Å². The Morgan fingerprint density at radius 1 is 1.24 bits per heavy atom. The van der Waals surface area contributed by atoms with Crippen LogP contribution in [0, 0.1) is 5.82 Å². The molecule has 0 heterocycles. The molecule has 0 fully saturated rings. The van der Waals surface area contributed by atoms with E-state index in [1.807, 2.05) is 5.32 Å². The first-order chi connectivity index (χ1) is 9.92. The van der Waals surface area contributed by atoms with Crippen LogP contribution in [-0.2, 0) is 19.1 Å². The molecule has 0 aliphatic rings. The fourth-order valence-corrected chi connectivity index (χ4v) is 1.21. The highest BCUT2D eigenvalue weighted by Gasteiger charge is 2.20. The third-order valence-electron chi connectivity index (χ3n) is 2.26. The number of imide groups is 1. The number of hydrogen-bond donors (Lipinski definition) is 1. The molecule has 1 N–H and O–H groups in total. The number of hydrogen-bond acceptors (Lipinski definition) is 6. The topological polar surface area (TPSA) is 90.9 Å². The third kappa shape index (κ3) is 5.89. The van der Waals surface area contributed by atoms with Gasteiger partial charge in [-0.1, -0.05) is 0 Å². The highest BCUT2D eigenvalue weighted by Crippen LogP contribution is 2.10. The molecule has 21 heavy (non-hydrogen) atoms. The molecule has 0 radical (unpaired) electrons. The van der Waals surface area contributed by atoms with Crippen molar-refractivity contribution in [2.75, 3.05) is 13.7 Å². The van der Waals surface area contributed by atoms with Crippen LogP contribution in [0.15, 0.2) is 24.3 Å². The molecule has 0 unspecified atom stereocenters. The number of carbonyl (C=O) groups is 3. The maximum atomic E-state index is 12.7. The maximum absolute atomic E-state index is 12.7. The highest BCUT2D eigenvalue weighted by atomic mass is 19.1. The fraction of sp³-hybridized carbons (Fsp3) is 0.308. The van der Waals surface area contributed by atoms with Crippen molar-refractivity contribution in [2.24, 2.45) is 0 Å². The molecule has 7 nitrogen and oxygen atoms in total. The number of rotatable bonds is 5. The number of esters is 1. The summed E-state index contributed by atoms with van der Waals surface area (Å²) in [6.45, 7) is 0.829. The van der Waals surface area contributed by atoms with Crippen molar-refractivity contribution in [1.29, 1.82) is 0 Å². The number of methoxy groups -OCH3 is 1. The number of ether oxygens (including phenoxy) is 3. The van der Waals surface area contributed by atoms with Gasteiger partial charge in [0.05, 0.1) is 7.11 Å². The molecule has 0 aliphatic carbocycles. The molecule has 114 valence electrons. The van der Waals surface area contributed by atoms with E-state index >= 15 is 0 Å². The zero-order valence-corrected chi connectivity index (χ0v) is 11.4. The monoisotopic (exact) mass is 299 g/mol. The van der Waals surface area contributed by atoms with E-state index in [1.54, 1.807) is 0 Å². The van der Waals surface area contributed by atoms with Crippen molar-refractivity contribution in [3.63, 3.8) is 0 Å². The molecular weight excluding hydrogens is 285 g/mol. The second-order valence-corrected chi connectivity index (χ2v) is 3.86. The summed E-state index contributed by atoms with van der Waals surface area (Å²) in [5.74, 6) is -1.79.